The molecule has 0 spiro atoms. The predicted molar refractivity (Wildman–Crippen MR) is 92.6 cm³/mol. The summed E-state index contributed by atoms with van der Waals surface area (Å²) in [6.07, 6.45) is 2.27. The molecule has 1 saturated heterocycles. The van der Waals surface area contributed by atoms with Crippen LogP contribution in [-0.4, -0.2) is 53.5 Å². The van der Waals surface area contributed by atoms with E-state index < -0.39 is 12.0 Å². The summed E-state index contributed by atoms with van der Waals surface area (Å²) < 4.78 is 0.752. The summed E-state index contributed by atoms with van der Waals surface area (Å²) in [5, 5.41) is 14.4. The van der Waals surface area contributed by atoms with Crippen LogP contribution in [0.2, 0.25) is 0 Å². The number of benzene rings is 1. The van der Waals surface area contributed by atoms with Crippen LogP contribution >= 0.6 is 15.9 Å². The Balaban J connectivity index is 1.79. The highest BCUT2D eigenvalue weighted by Crippen LogP contribution is 2.20. The zero-order valence-corrected chi connectivity index (χ0v) is 14.7. The van der Waals surface area contributed by atoms with Crippen molar-refractivity contribution in [2.75, 3.05) is 25.0 Å². The number of hydrogen-bond donors (Lipinski definition) is 3. The number of amides is 2. The first-order chi connectivity index (χ1) is 11.5. The third-order valence-corrected chi connectivity index (χ3v) is 4.53. The van der Waals surface area contributed by atoms with Crippen LogP contribution in [0.15, 0.2) is 28.7 Å². The van der Waals surface area contributed by atoms with Crippen LogP contribution in [0.5, 0.6) is 0 Å². The SMILES string of the molecule is O=C(CN1CCCCC1C(=O)O)NCC(=O)Nc1ccccc1Br. The van der Waals surface area contributed by atoms with E-state index in [-0.39, 0.29) is 24.9 Å². The highest BCUT2D eigenvalue weighted by molar-refractivity contribution is 9.10. The van der Waals surface area contributed by atoms with Crippen molar-refractivity contribution >= 4 is 39.4 Å². The summed E-state index contributed by atoms with van der Waals surface area (Å²) in [4.78, 5) is 36.7. The Labute approximate surface area is 148 Å². The largest absolute Gasteiger partial charge is 0.480 e. The molecule has 1 heterocycles. The summed E-state index contributed by atoms with van der Waals surface area (Å²) in [7, 11) is 0. The van der Waals surface area contributed by atoms with E-state index in [1.54, 1.807) is 23.1 Å². The number of para-hydroxylation sites is 1. The van der Waals surface area contributed by atoms with Crippen LogP contribution in [-0.2, 0) is 14.4 Å². The minimum atomic E-state index is -0.908. The first-order valence-corrected chi connectivity index (χ1v) is 8.54. The van der Waals surface area contributed by atoms with Gasteiger partial charge in [0.25, 0.3) is 0 Å². The molecular weight excluding hydrogens is 378 g/mol. The van der Waals surface area contributed by atoms with E-state index in [1.807, 2.05) is 6.07 Å². The van der Waals surface area contributed by atoms with Crippen LogP contribution in [0.1, 0.15) is 19.3 Å². The fraction of sp³-hybridized carbons (Fsp3) is 0.438. The molecule has 2 rings (SSSR count). The minimum absolute atomic E-state index is 0.0146. The molecule has 1 aromatic carbocycles. The second kappa shape index (κ2) is 8.79. The van der Waals surface area contributed by atoms with Gasteiger partial charge in [-0.3, -0.25) is 19.3 Å². The Hall–Kier alpha value is -1.93. The summed E-state index contributed by atoms with van der Waals surface area (Å²) in [5.74, 6) is -1.61. The summed E-state index contributed by atoms with van der Waals surface area (Å²) in [5.41, 5.74) is 0.624. The first kappa shape index (κ1) is 18.4. The number of carboxylic acids is 1. The van der Waals surface area contributed by atoms with Gasteiger partial charge >= 0.3 is 5.97 Å². The average molecular weight is 398 g/mol. The minimum Gasteiger partial charge on any atom is -0.480 e. The second-order valence-electron chi connectivity index (χ2n) is 5.63. The van der Waals surface area contributed by atoms with Gasteiger partial charge in [-0.25, -0.2) is 0 Å². The summed E-state index contributed by atoms with van der Waals surface area (Å²) in [6, 6.07) is 6.55. The molecule has 7 nitrogen and oxygen atoms in total. The maximum Gasteiger partial charge on any atom is 0.320 e. The van der Waals surface area contributed by atoms with Crippen LogP contribution < -0.4 is 10.6 Å². The number of nitrogens with zero attached hydrogens (tertiary/aromatic N) is 1. The van der Waals surface area contributed by atoms with Gasteiger partial charge in [0.1, 0.15) is 6.04 Å². The van der Waals surface area contributed by atoms with Gasteiger partial charge in [-0.1, -0.05) is 18.6 Å². The van der Waals surface area contributed by atoms with Crippen molar-refractivity contribution in [3.05, 3.63) is 28.7 Å². The Morgan fingerprint density at radius 1 is 1.21 bits per heavy atom. The number of halogens is 1. The van der Waals surface area contributed by atoms with Crippen molar-refractivity contribution in [1.29, 1.82) is 0 Å². The molecule has 1 fully saturated rings. The molecule has 1 atom stereocenters. The molecule has 0 aliphatic carbocycles. The van der Waals surface area contributed by atoms with Crippen molar-refractivity contribution in [3.8, 4) is 0 Å². The molecule has 130 valence electrons. The van der Waals surface area contributed by atoms with Crippen molar-refractivity contribution < 1.29 is 19.5 Å². The number of carboxylic acid groups (broad SMARTS) is 1. The lowest BCUT2D eigenvalue weighted by Gasteiger charge is -2.32. The molecular formula is C16H20BrN3O4. The van der Waals surface area contributed by atoms with Crippen LogP contribution in [0.3, 0.4) is 0 Å². The molecule has 0 saturated carbocycles. The lowest BCUT2D eigenvalue weighted by Crippen LogP contribution is -2.49. The highest BCUT2D eigenvalue weighted by atomic mass is 79.9. The molecule has 1 aliphatic rings. The van der Waals surface area contributed by atoms with Crippen molar-refractivity contribution in [2.24, 2.45) is 0 Å². The van der Waals surface area contributed by atoms with Crippen LogP contribution in [0.4, 0.5) is 5.69 Å². The van der Waals surface area contributed by atoms with E-state index in [9.17, 15) is 19.5 Å². The fourth-order valence-corrected chi connectivity index (χ4v) is 3.02. The number of rotatable bonds is 6. The number of carbonyl (C=O) groups is 3. The number of hydrogen-bond acceptors (Lipinski definition) is 4. The lowest BCUT2D eigenvalue weighted by molar-refractivity contribution is -0.145. The van der Waals surface area contributed by atoms with Gasteiger partial charge < -0.3 is 15.7 Å². The molecule has 0 aromatic heterocycles. The van der Waals surface area contributed by atoms with Gasteiger partial charge in [0.05, 0.1) is 18.8 Å². The highest BCUT2D eigenvalue weighted by Gasteiger charge is 2.29. The van der Waals surface area contributed by atoms with E-state index in [4.69, 9.17) is 0 Å². The number of piperidine rings is 1. The van der Waals surface area contributed by atoms with Crippen molar-refractivity contribution in [2.45, 2.75) is 25.3 Å². The molecule has 24 heavy (non-hydrogen) atoms. The maximum atomic E-state index is 12.0. The number of anilines is 1. The van der Waals surface area contributed by atoms with Gasteiger partial charge in [-0.2, -0.15) is 0 Å². The first-order valence-electron chi connectivity index (χ1n) is 7.75. The molecule has 1 aromatic rings. The zero-order valence-electron chi connectivity index (χ0n) is 13.1. The number of nitrogens with one attached hydrogen (secondary N) is 2. The molecule has 3 N–H and O–H groups in total. The number of likely N-dealkylation sites (tertiary alicyclic amines) is 1. The Morgan fingerprint density at radius 2 is 1.96 bits per heavy atom. The standard InChI is InChI=1S/C16H20BrN3O4/c17-11-5-1-2-6-12(11)19-14(21)9-18-15(22)10-20-8-4-3-7-13(20)16(23)24/h1-2,5-6,13H,3-4,7-10H2,(H,18,22)(H,19,21)(H,23,24). The number of carbonyl (C=O) groups excluding carboxylic acids is 2. The molecule has 2 amide bonds. The molecule has 0 bridgehead atoms. The van der Waals surface area contributed by atoms with E-state index in [0.717, 1.165) is 17.3 Å². The summed E-state index contributed by atoms with van der Waals surface area (Å²) in [6.45, 7) is 0.401. The van der Waals surface area contributed by atoms with Gasteiger partial charge in [0.2, 0.25) is 11.8 Å². The normalized spacial score (nSPS) is 18.0. The Morgan fingerprint density at radius 3 is 2.67 bits per heavy atom. The average Bonchev–Trinajstić information content (AvgIpc) is 2.55. The predicted octanol–water partition coefficient (Wildman–Crippen LogP) is 1.44. The van der Waals surface area contributed by atoms with Crippen LogP contribution in [0.25, 0.3) is 0 Å². The topological polar surface area (TPSA) is 98.7 Å². The Bertz CT molecular complexity index is 623. The molecule has 1 aliphatic heterocycles. The smallest absolute Gasteiger partial charge is 0.320 e. The molecule has 8 heteroatoms. The van der Waals surface area contributed by atoms with Gasteiger partial charge in [-0.15, -0.1) is 0 Å². The quantitative estimate of drug-likeness (QED) is 0.674. The monoisotopic (exact) mass is 397 g/mol. The van der Waals surface area contributed by atoms with E-state index >= 15 is 0 Å². The maximum absolute atomic E-state index is 12.0. The van der Waals surface area contributed by atoms with Gasteiger partial charge in [0.15, 0.2) is 0 Å². The lowest BCUT2D eigenvalue weighted by atomic mass is 10.0. The number of aliphatic carboxylic acids is 1. The van der Waals surface area contributed by atoms with Crippen LogP contribution in [0, 0.1) is 0 Å². The molecule has 1 unspecified atom stereocenters. The Kier molecular flexibility index (Phi) is 6.74. The van der Waals surface area contributed by atoms with Crippen molar-refractivity contribution in [1.82, 2.24) is 10.2 Å². The fourth-order valence-electron chi connectivity index (χ4n) is 2.64. The summed E-state index contributed by atoms with van der Waals surface area (Å²) >= 11 is 3.33. The second-order valence-corrected chi connectivity index (χ2v) is 6.48. The third kappa shape index (κ3) is 5.31. The third-order valence-electron chi connectivity index (χ3n) is 3.84. The van der Waals surface area contributed by atoms with E-state index in [1.165, 1.54) is 0 Å². The molecule has 0 radical (unpaired) electrons. The van der Waals surface area contributed by atoms with E-state index in [2.05, 4.69) is 26.6 Å². The zero-order chi connectivity index (χ0) is 17.5. The van der Waals surface area contributed by atoms with Gasteiger partial charge in [-0.05, 0) is 47.4 Å². The van der Waals surface area contributed by atoms with E-state index in [0.29, 0.717) is 18.7 Å². The van der Waals surface area contributed by atoms with Gasteiger partial charge in [0, 0.05) is 4.47 Å². The van der Waals surface area contributed by atoms with Crippen molar-refractivity contribution in [3.63, 3.8) is 0 Å².